The number of hydrogen-bond donors (Lipinski definition) is 0. The fraction of sp³-hybridized carbons (Fsp3) is 0.800. The van der Waals surface area contributed by atoms with Crippen molar-refractivity contribution in [3.63, 3.8) is 0 Å². The van der Waals surface area contributed by atoms with E-state index in [1.54, 1.807) is 0 Å². The van der Waals surface area contributed by atoms with Crippen molar-refractivity contribution in [3.8, 4) is 0 Å². The topological polar surface area (TPSA) is 17.1 Å². The van der Waals surface area contributed by atoms with Gasteiger partial charge in [0.1, 0.15) is 6.29 Å². The Morgan fingerprint density at radius 3 is 2.88 bits per heavy atom. The molecule has 0 aromatic heterocycles. The lowest BCUT2D eigenvalue weighted by Gasteiger charge is -2.69. The number of aldehydes is 1. The summed E-state index contributed by atoms with van der Waals surface area (Å²) in [6, 6.07) is 0. The van der Waals surface area contributed by atoms with E-state index in [9.17, 15) is 4.79 Å². The lowest BCUT2D eigenvalue weighted by Crippen LogP contribution is -2.64. The van der Waals surface area contributed by atoms with E-state index < -0.39 is 0 Å². The molecule has 0 amide bonds. The Hall–Kier alpha value is -0.590. The highest BCUT2D eigenvalue weighted by Gasteiger charge is 2.65. The summed E-state index contributed by atoms with van der Waals surface area (Å²) in [5, 5.41) is 0. The van der Waals surface area contributed by atoms with Gasteiger partial charge in [0.05, 0.1) is 0 Å². The highest BCUT2D eigenvalue weighted by molar-refractivity contribution is 5.76. The predicted octanol–water partition coefficient (Wildman–Crippen LogP) is 3.45. The summed E-state index contributed by atoms with van der Waals surface area (Å²) in [6.07, 6.45) is 7.23. The highest BCUT2D eigenvalue weighted by atomic mass is 16.1. The van der Waals surface area contributed by atoms with Crippen LogP contribution in [0.3, 0.4) is 0 Å². The molecule has 5 unspecified atom stereocenters. The van der Waals surface area contributed by atoms with E-state index >= 15 is 0 Å². The van der Waals surface area contributed by atoms with E-state index in [1.165, 1.54) is 12.8 Å². The van der Waals surface area contributed by atoms with Crippen LogP contribution in [0.25, 0.3) is 0 Å². The first-order valence-electron chi connectivity index (χ1n) is 6.75. The third kappa shape index (κ3) is 1.05. The van der Waals surface area contributed by atoms with Crippen LogP contribution >= 0.6 is 0 Å². The molecule has 0 aliphatic heterocycles. The molecule has 0 aromatic rings. The minimum atomic E-state index is 0.473. The van der Waals surface area contributed by atoms with Gasteiger partial charge in [-0.05, 0) is 59.8 Å². The zero-order valence-electron chi connectivity index (χ0n) is 10.6. The fourth-order valence-corrected chi connectivity index (χ4v) is 5.10. The number of hydrogen-bond acceptors (Lipinski definition) is 1. The van der Waals surface area contributed by atoms with Crippen molar-refractivity contribution in [2.45, 2.75) is 40.0 Å². The maximum atomic E-state index is 11.2. The van der Waals surface area contributed by atoms with Crippen molar-refractivity contribution in [1.82, 2.24) is 0 Å². The quantitative estimate of drug-likeness (QED) is 0.649. The second-order valence-corrected chi connectivity index (χ2v) is 6.67. The summed E-state index contributed by atoms with van der Waals surface area (Å²) in [5.41, 5.74) is 1.60. The smallest absolute Gasteiger partial charge is 0.146 e. The van der Waals surface area contributed by atoms with Crippen LogP contribution in [-0.2, 0) is 4.79 Å². The lowest BCUT2D eigenvalue weighted by atomic mass is 9.34. The SMILES string of the molecule is CC(C)C1CCC2(C)C3CC=C(C=O)C2C13. The highest BCUT2D eigenvalue weighted by Crippen LogP contribution is 2.71. The Balaban J connectivity index is 1.96. The zero-order chi connectivity index (χ0) is 11.5. The van der Waals surface area contributed by atoms with E-state index in [-0.39, 0.29) is 0 Å². The molecule has 1 heteroatoms. The Labute approximate surface area is 98.3 Å². The molecule has 0 spiro atoms. The van der Waals surface area contributed by atoms with Gasteiger partial charge in [0.25, 0.3) is 0 Å². The van der Waals surface area contributed by atoms with Gasteiger partial charge < -0.3 is 0 Å². The van der Waals surface area contributed by atoms with E-state index in [0.29, 0.717) is 11.3 Å². The van der Waals surface area contributed by atoms with Crippen LogP contribution in [0.2, 0.25) is 0 Å². The number of fused-ring (bicyclic) bond motifs is 2. The molecule has 4 rings (SSSR count). The van der Waals surface area contributed by atoms with Crippen LogP contribution in [0.4, 0.5) is 0 Å². The molecular formula is C15H22O. The van der Waals surface area contributed by atoms with Crippen LogP contribution in [0.1, 0.15) is 40.0 Å². The zero-order valence-corrected chi connectivity index (χ0v) is 10.6. The summed E-state index contributed by atoms with van der Waals surface area (Å²) < 4.78 is 0. The van der Waals surface area contributed by atoms with Crippen LogP contribution in [0.5, 0.6) is 0 Å². The molecule has 4 aliphatic carbocycles. The van der Waals surface area contributed by atoms with Crippen molar-refractivity contribution < 1.29 is 4.79 Å². The summed E-state index contributed by atoms with van der Waals surface area (Å²) in [4.78, 5) is 11.2. The van der Waals surface area contributed by atoms with Crippen LogP contribution in [0.15, 0.2) is 11.6 Å². The van der Waals surface area contributed by atoms with Crippen molar-refractivity contribution in [3.05, 3.63) is 11.6 Å². The third-order valence-corrected chi connectivity index (χ3v) is 5.88. The van der Waals surface area contributed by atoms with Crippen molar-refractivity contribution >= 4 is 6.29 Å². The molecule has 16 heavy (non-hydrogen) atoms. The number of carbonyl (C=O) groups excluding carboxylic acids is 1. The molecule has 88 valence electrons. The molecule has 4 aliphatic rings. The van der Waals surface area contributed by atoms with Crippen LogP contribution in [-0.4, -0.2) is 6.29 Å². The fourth-order valence-electron chi connectivity index (χ4n) is 5.10. The summed E-state index contributed by atoms with van der Waals surface area (Å²) in [5.74, 6) is 3.95. The number of carbonyl (C=O) groups is 1. The van der Waals surface area contributed by atoms with E-state index in [2.05, 4.69) is 26.8 Å². The first-order valence-corrected chi connectivity index (χ1v) is 6.75. The maximum Gasteiger partial charge on any atom is 0.146 e. The molecule has 0 heterocycles. The van der Waals surface area contributed by atoms with Gasteiger partial charge in [-0.3, -0.25) is 4.79 Å². The first kappa shape index (κ1) is 10.6. The molecule has 3 fully saturated rings. The van der Waals surface area contributed by atoms with Crippen molar-refractivity contribution in [2.24, 2.45) is 35.0 Å². The van der Waals surface area contributed by atoms with Crippen molar-refractivity contribution in [2.75, 3.05) is 0 Å². The van der Waals surface area contributed by atoms with Crippen LogP contribution in [0, 0.1) is 35.0 Å². The van der Waals surface area contributed by atoms with Gasteiger partial charge in [0.2, 0.25) is 0 Å². The monoisotopic (exact) mass is 218 g/mol. The summed E-state index contributed by atoms with van der Waals surface area (Å²) in [6.45, 7) is 7.13. The lowest BCUT2D eigenvalue weighted by molar-refractivity contribution is -0.182. The maximum absolute atomic E-state index is 11.2. The number of rotatable bonds is 2. The van der Waals surface area contributed by atoms with E-state index in [0.717, 1.165) is 42.0 Å². The largest absolute Gasteiger partial charge is 0.298 e. The Morgan fingerprint density at radius 2 is 2.25 bits per heavy atom. The van der Waals surface area contributed by atoms with Gasteiger partial charge in [0.15, 0.2) is 0 Å². The Kier molecular flexibility index (Phi) is 2.12. The Bertz CT molecular complexity index is 354. The minimum Gasteiger partial charge on any atom is -0.298 e. The average Bonchev–Trinajstić information content (AvgIpc) is 2.29. The van der Waals surface area contributed by atoms with Gasteiger partial charge in [-0.25, -0.2) is 0 Å². The molecule has 0 radical (unpaired) electrons. The van der Waals surface area contributed by atoms with Gasteiger partial charge in [-0.15, -0.1) is 0 Å². The molecule has 0 N–H and O–H groups in total. The summed E-state index contributed by atoms with van der Waals surface area (Å²) in [7, 11) is 0. The standard InChI is InChI=1S/C15H22O/c1-9(2)11-6-7-15(3)12-5-4-10(8-16)14(15)13(11)12/h4,8-9,11-14H,5-7H2,1-3H3. The second-order valence-electron chi connectivity index (χ2n) is 6.67. The third-order valence-electron chi connectivity index (χ3n) is 5.88. The van der Waals surface area contributed by atoms with E-state index in [1.807, 2.05) is 0 Å². The Morgan fingerprint density at radius 1 is 1.50 bits per heavy atom. The minimum absolute atomic E-state index is 0.473. The van der Waals surface area contributed by atoms with Gasteiger partial charge >= 0.3 is 0 Å². The molecule has 0 aromatic carbocycles. The normalized spacial score (nSPS) is 49.6. The van der Waals surface area contributed by atoms with Gasteiger partial charge in [-0.1, -0.05) is 26.8 Å². The van der Waals surface area contributed by atoms with Crippen LogP contribution < -0.4 is 0 Å². The molecule has 4 bridgehead atoms. The van der Waals surface area contributed by atoms with E-state index in [4.69, 9.17) is 0 Å². The molecule has 1 nitrogen and oxygen atoms in total. The second kappa shape index (κ2) is 3.21. The predicted molar refractivity (Wildman–Crippen MR) is 64.9 cm³/mol. The molecule has 0 saturated heterocycles. The first-order chi connectivity index (χ1) is 7.59. The molecule has 5 atom stereocenters. The molecule has 3 saturated carbocycles. The number of allylic oxidation sites excluding steroid dienone is 2. The average molecular weight is 218 g/mol. The molecular weight excluding hydrogens is 196 g/mol. The summed E-state index contributed by atoms with van der Waals surface area (Å²) >= 11 is 0. The van der Waals surface area contributed by atoms with Gasteiger partial charge in [0, 0.05) is 0 Å². The van der Waals surface area contributed by atoms with Crippen molar-refractivity contribution in [1.29, 1.82) is 0 Å². The van der Waals surface area contributed by atoms with Gasteiger partial charge in [-0.2, -0.15) is 0 Å².